The molecule has 1 aromatic carbocycles. The molecule has 0 spiro atoms. The van der Waals surface area contributed by atoms with Crippen LogP contribution < -0.4 is 4.90 Å². The molecule has 1 amide bonds. The largest absolute Gasteiger partial charge is 0.378 e. The van der Waals surface area contributed by atoms with Crippen molar-refractivity contribution in [3.05, 3.63) is 42.0 Å². The Bertz CT molecular complexity index is 712. The van der Waals surface area contributed by atoms with Crippen molar-refractivity contribution in [2.75, 3.05) is 44.3 Å². The first-order valence-electron chi connectivity index (χ1n) is 8.89. The maximum atomic E-state index is 13.2. The number of carbonyl (C=O) groups is 1. The highest BCUT2D eigenvalue weighted by Crippen LogP contribution is 2.28. The Morgan fingerprint density at radius 2 is 2.04 bits per heavy atom. The predicted octanol–water partition coefficient (Wildman–Crippen LogP) is 1.66. The lowest BCUT2D eigenvalue weighted by molar-refractivity contribution is 0.0704. The van der Waals surface area contributed by atoms with Crippen LogP contribution in [0.1, 0.15) is 34.9 Å². The van der Waals surface area contributed by atoms with E-state index in [9.17, 15) is 4.79 Å². The fourth-order valence-electron chi connectivity index (χ4n) is 3.70. The summed E-state index contributed by atoms with van der Waals surface area (Å²) in [5.74, 6) is 1.21. The van der Waals surface area contributed by atoms with Crippen molar-refractivity contribution in [3.63, 3.8) is 0 Å². The number of aromatic nitrogens is 3. The van der Waals surface area contributed by atoms with E-state index >= 15 is 0 Å². The summed E-state index contributed by atoms with van der Waals surface area (Å²) in [7, 11) is 0. The Morgan fingerprint density at radius 3 is 2.84 bits per heavy atom. The third-order valence-electron chi connectivity index (χ3n) is 5.02. The van der Waals surface area contributed by atoms with Gasteiger partial charge in [0.05, 0.1) is 18.8 Å². The van der Waals surface area contributed by atoms with Crippen molar-refractivity contribution in [2.24, 2.45) is 0 Å². The SMILES string of the molecule is O=C(c1ccccc1N1CCOCC1)N1CCC[C@H](c2ncn[nH]2)C1. The highest BCUT2D eigenvalue weighted by atomic mass is 16.5. The summed E-state index contributed by atoms with van der Waals surface area (Å²) in [6, 6.07) is 7.91. The Morgan fingerprint density at radius 1 is 1.20 bits per heavy atom. The third kappa shape index (κ3) is 3.37. The summed E-state index contributed by atoms with van der Waals surface area (Å²) < 4.78 is 5.44. The Labute approximate surface area is 147 Å². The lowest BCUT2D eigenvalue weighted by Crippen LogP contribution is -2.41. The highest BCUT2D eigenvalue weighted by Gasteiger charge is 2.29. The summed E-state index contributed by atoms with van der Waals surface area (Å²) in [5, 5.41) is 6.89. The molecule has 0 bridgehead atoms. The maximum Gasteiger partial charge on any atom is 0.255 e. The molecule has 0 unspecified atom stereocenters. The van der Waals surface area contributed by atoms with Gasteiger partial charge in [0.2, 0.25) is 0 Å². The number of amides is 1. The number of hydrogen-bond donors (Lipinski definition) is 1. The van der Waals surface area contributed by atoms with Gasteiger partial charge in [-0.25, -0.2) is 4.98 Å². The fourth-order valence-corrected chi connectivity index (χ4v) is 3.70. The molecule has 7 nitrogen and oxygen atoms in total. The minimum atomic E-state index is 0.103. The molecular formula is C18H23N5O2. The first kappa shape index (κ1) is 16.1. The van der Waals surface area contributed by atoms with E-state index in [0.29, 0.717) is 19.8 Å². The molecule has 0 aliphatic carbocycles. The molecule has 2 aromatic rings. The third-order valence-corrected chi connectivity index (χ3v) is 5.02. The number of likely N-dealkylation sites (tertiary alicyclic amines) is 1. The van der Waals surface area contributed by atoms with Crippen LogP contribution in [-0.2, 0) is 4.74 Å². The van der Waals surface area contributed by atoms with Gasteiger partial charge in [-0.15, -0.1) is 0 Å². The molecule has 1 aromatic heterocycles. The molecular weight excluding hydrogens is 318 g/mol. The van der Waals surface area contributed by atoms with Gasteiger partial charge in [0, 0.05) is 37.8 Å². The van der Waals surface area contributed by atoms with Crippen LogP contribution in [0.2, 0.25) is 0 Å². The first-order valence-corrected chi connectivity index (χ1v) is 8.89. The van der Waals surface area contributed by atoms with Crippen molar-refractivity contribution in [1.29, 1.82) is 0 Å². The zero-order valence-corrected chi connectivity index (χ0v) is 14.2. The van der Waals surface area contributed by atoms with E-state index in [4.69, 9.17) is 4.74 Å². The number of H-pyrrole nitrogens is 1. The van der Waals surface area contributed by atoms with E-state index in [1.54, 1.807) is 0 Å². The van der Waals surface area contributed by atoms with Crippen LogP contribution in [0.15, 0.2) is 30.6 Å². The molecule has 0 saturated carbocycles. The quantitative estimate of drug-likeness (QED) is 0.919. The smallest absolute Gasteiger partial charge is 0.255 e. The van der Waals surface area contributed by atoms with Gasteiger partial charge in [-0.3, -0.25) is 9.89 Å². The van der Waals surface area contributed by atoms with E-state index in [-0.39, 0.29) is 11.8 Å². The molecule has 25 heavy (non-hydrogen) atoms. The van der Waals surface area contributed by atoms with Crippen LogP contribution in [0.25, 0.3) is 0 Å². The summed E-state index contributed by atoms with van der Waals surface area (Å²) in [6.45, 7) is 4.54. The number of benzene rings is 1. The molecule has 132 valence electrons. The molecule has 2 aliphatic rings. The predicted molar refractivity (Wildman–Crippen MR) is 93.7 cm³/mol. The summed E-state index contributed by atoms with van der Waals surface area (Å²) >= 11 is 0. The van der Waals surface area contributed by atoms with Gasteiger partial charge in [-0.1, -0.05) is 12.1 Å². The standard InChI is InChI=1S/C18H23N5O2/c24-18(23-7-3-4-14(12-23)17-19-13-20-21-17)15-5-1-2-6-16(15)22-8-10-25-11-9-22/h1-2,5-6,13-14H,3-4,7-12H2,(H,19,20,21)/t14-/m0/s1. The molecule has 2 saturated heterocycles. The van der Waals surface area contributed by atoms with E-state index < -0.39 is 0 Å². The highest BCUT2D eigenvalue weighted by molar-refractivity contribution is 6.00. The number of morpholine rings is 1. The van der Waals surface area contributed by atoms with Crippen molar-refractivity contribution in [1.82, 2.24) is 20.1 Å². The summed E-state index contributed by atoms with van der Waals surface area (Å²) in [5.41, 5.74) is 1.79. The number of nitrogens with one attached hydrogen (secondary N) is 1. The molecule has 0 radical (unpaired) electrons. The van der Waals surface area contributed by atoms with E-state index in [2.05, 4.69) is 20.1 Å². The topological polar surface area (TPSA) is 74.3 Å². The second-order valence-electron chi connectivity index (χ2n) is 6.58. The zero-order valence-electron chi connectivity index (χ0n) is 14.2. The maximum absolute atomic E-state index is 13.2. The Balaban J connectivity index is 1.54. The molecule has 2 aliphatic heterocycles. The first-order chi connectivity index (χ1) is 12.3. The zero-order chi connectivity index (χ0) is 17.1. The summed E-state index contributed by atoms with van der Waals surface area (Å²) in [6.07, 6.45) is 3.55. The molecule has 3 heterocycles. The normalized spacial score (nSPS) is 21.4. The van der Waals surface area contributed by atoms with Gasteiger partial charge in [-0.05, 0) is 25.0 Å². The number of piperidine rings is 1. The van der Waals surface area contributed by atoms with E-state index in [0.717, 1.165) is 49.6 Å². The monoisotopic (exact) mass is 341 g/mol. The van der Waals surface area contributed by atoms with Crippen molar-refractivity contribution in [2.45, 2.75) is 18.8 Å². The number of rotatable bonds is 3. The van der Waals surface area contributed by atoms with Gasteiger partial charge >= 0.3 is 0 Å². The second-order valence-corrected chi connectivity index (χ2v) is 6.58. The van der Waals surface area contributed by atoms with Crippen LogP contribution in [0, 0.1) is 0 Å². The number of hydrogen-bond acceptors (Lipinski definition) is 5. The van der Waals surface area contributed by atoms with Gasteiger partial charge < -0.3 is 14.5 Å². The van der Waals surface area contributed by atoms with Crippen LogP contribution >= 0.6 is 0 Å². The average molecular weight is 341 g/mol. The van der Waals surface area contributed by atoms with E-state index in [1.807, 2.05) is 29.2 Å². The number of nitrogens with zero attached hydrogens (tertiary/aromatic N) is 4. The van der Waals surface area contributed by atoms with E-state index in [1.165, 1.54) is 6.33 Å². The second kappa shape index (κ2) is 7.23. The van der Waals surface area contributed by atoms with Crippen LogP contribution in [0.5, 0.6) is 0 Å². The molecule has 1 N–H and O–H groups in total. The number of aromatic amines is 1. The van der Waals surface area contributed by atoms with Gasteiger partial charge in [0.15, 0.2) is 0 Å². The van der Waals surface area contributed by atoms with Crippen molar-refractivity contribution in [3.8, 4) is 0 Å². The van der Waals surface area contributed by atoms with Crippen molar-refractivity contribution < 1.29 is 9.53 Å². The molecule has 7 heteroatoms. The number of carbonyl (C=O) groups excluding carboxylic acids is 1. The minimum absolute atomic E-state index is 0.103. The minimum Gasteiger partial charge on any atom is -0.378 e. The van der Waals surface area contributed by atoms with Crippen molar-refractivity contribution >= 4 is 11.6 Å². The Hall–Kier alpha value is -2.41. The van der Waals surface area contributed by atoms with Gasteiger partial charge in [0.1, 0.15) is 12.2 Å². The van der Waals surface area contributed by atoms with Crippen LogP contribution in [0.4, 0.5) is 5.69 Å². The summed E-state index contributed by atoms with van der Waals surface area (Å²) in [4.78, 5) is 21.7. The molecule has 2 fully saturated rings. The fraction of sp³-hybridized carbons (Fsp3) is 0.500. The Kier molecular flexibility index (Phi) is 4.65. The average Bonchev–Trinajstić information content (AvgIpc) is 3.23. The van der Waals surface area contributed by atoms with Crippen LogP contribution in [-0.4, -0.2) is 65.4 Å². The number of anilines is 1. The lowest BCUT2D eigenvalue weighted by Gasteiger charge is -2.34. The number of ether oxygens (including phenoxy) is 1. The van der Waals surface area contributed by atoms with Crippen LogP contribution in [0.3, 0.4) is 0 Å². The number of para-hydroxylation sites is 1. The molecule has 4 rings (SSSR count). The lowest BCUT2D eigenvalue weighted by atomic mass is 9.96. The molecule has 1 atom stereocenters. The van der Waals surface area contributed by atoms with Gasteiger partial charge in [0.25, 0.3) is 5.91 Å². The van der Waals surface area contributed by atoms with Gasteiger partial charge in [-0.2, -0.15) is 5.10 Å².